The van der Waals surface area contributed by atoms with Crippen LogP contribution in [0.1, 0.15) is 18.4 Å². The van der Waals surface area contributed by atoms with Gasteiger partial charge in [0, 0.05) is 25.7 Å². The van der Waals surface area contributed by atoms with Crippen molar-refractivity contribution in [2.24, 2.45) is 7.05 Å². The van der Waals surface area contributed by atoms with E-state index in [2.05, 4.69) is 0 Å². The number of hydrogen-bond acceptors (Lipinski definition) is 2. The summed E-state index contributed by atoms with van der Waals surface area (Å²) in [6.07, 6.45) is 3.21. The summed E-state index contributed by atoms with van der Waals surface area (Å²) in [5.41, 5.74) is 0.945. The first-order chi connectivity index (χ1) is 6.59. The first-order valence-electron chi connectivity index (χ1n) is 4.47. The average Bonchev–Trinajstić information content (AvgIpc) is 2.10. The lowest BCUT2D eigenvalue weighted by Crippen LogP contribution is -2.14. The standard InChI is InChI=1S/C10H13NO3/c1-11-7-8(5-6-9(11)12)3-2-4-10(13)14/h5-7H,2-4H2,1H3,(H,13,14). The molecule has 1 aromatic heterocycles. The van der Waals surface area contributed by atoms with Gasteiger partial charge in [0.2, 0.25) is 5.56 Å². The van der Waals surface area contributed by atoms with Gasteiger partial charge in [0.1, 0.15) is 0 Å². The Bertz CT molecular complexity index is 381. The molecular formula is C10H13NO3. The van der Waals surface area contributed by atoms with E-state index < -0.39 is 5.97 Å². The van der Waals surface area contributed by atoms with Crippen LogP contribution in [0, 0.1) is 0 Å². The molecule has 0 saturated carbocycles. The molecule has 0 aliphatic carbocycles. The molecule has 1 rings (SSSR count). The average molecular weight is 195 g/mol. The van der Waals surface area contributed by atoms with Gasteiger partial charge in [0.05, 0.1) is 0 Å². The second-order valence-corrected chi connectivity index (χ2v) is 3.23. The van der Waals surface area contributed by atoms with Crippen molar-refractivity contribution in [3.63, 3.8) is 0 Å². The topological polar surface area (TPSA) is 59.3 Å². The summed E-state index contributed by atoms with van der Waals surface area (Å²) in [4.78, 5) is 21.3. The van der Waals surface area contributed by atoms with Gasteiger partial charge in [-0.15, -0.1) is 0 Å². The Morgan fingerprint density at radius 1 is 1.50 bits per heavy atom. The molecule has 1 heterocycles. The third kappa shape index (κ3) is 3.05. The van der Waals surface area contributed by atoms with Crippen LogP contribution in [0.2, 0.25) is 0 Å². The van der Waals surface area contributed by atoms with Crippen molar-refractivity contribution in [2.45, 2.75) is 19.3 Å². The zero-order chi connectivity index (χ0) is 10.6. The van der Waals surface area contributed by atoms with Crippen molar-refractivity contribution in [1.82, 2.24) is 4.57 Å². The minimum atomic E-state index is -0.783. The zero-order valence-corrected chi connectivity index (χ0v) is 8.06. The smallest absolute Gasteiger partial charge is 0.303 e. The van der Waals surface area contributed by atoms with Crippen molar-refractivity contribution in [3.05, 3.63) is 34.2 Å². The maximum absolute atomic E-state index is 11.0. The van der Waals surface area contributed by atoms with Crippen molar-refractivity contribution in [1.29, 1.82) is 0 Å². The summed E-state index contributed by atoms with van der Waals surface area (Å²) in [6.45, 7) is 0. The van der Waals surface area contributed by atoms with E-state index in [0.29, 0.717) is 12.8 Å². The number of carbonyl (C=O) groups is 1. The third-order valence-electron chi connectivity index (χ3n) is 2.00. The predicted molar refractivity (Wildman–Crippen MR) is 52.3 cm³/mol. The molecule has 0 unspecified atom stereocenters. The van der Waals surface area contributed by atoms with Gasteiger partial charge >= 0.3 is 5.97 Å². The second-order valence-electron chi connectivity index (χ2n) is 3.23. The highest BCUT2D eigenvalue weighted by Crippen LogP contribution is 2.02. The Balaban J connectivity index is 2.56. The fourth-order valence-corrected chi connectivity index (χ4v) is 1.24. The Labute approximate surface area is 81.8 Å². The normalized spacial score (nSPS) is 10.1. The highest BCUT2D eigenvalue weighted by atomic mass is 16.4. The van der Waals surface area contributed by atoms with E-state index in [0.717, 1.165) is 5.56 Å². The number of aromatic nitrogens is 1. The molecule has 76 valence electrons. The summed E-state index contributed by atoms with van der Waals surface area (Å²) in [5, 5.41) is 8.43. The van der Waals surface area contributed by atoms with Crippen LogP contribution >= 0.6 is 0 Å². The fourth-order valence-electron chi connectivity index (χ4n) is 1.24. The van der Waals surface area contributed by atoms with Crippen LogP contribution in [-0.4, -0.2) is 15.6 Å². The molecule has 0 aromatic carbocycles. The van der Waals surface area contributed by atoms with Crippen LogP contribution in [0.3, 0.4) is 0 Å². The number of nitrogens with zero attached hydrogens (tertiary/aromatic N) is 1. The lowest BCUT2D eigenvalue weighted by Gasteiger charge is -2.01. The Hall–Kier alpha value is -1.58. The zero-order valence-electron chi connectivity index (χ0n) is 8.06. The molecule has 1 N–H and O–H groups in total. The number of pyridine rings is 1. The lowest BCUT2D eigenvalue weighted by atomic mass is 10.1. The molecule has 0 saturated heterocycles. The van der Waals surface area contributed by atoms with Crippen LogP contribution in [0.25, 0.3) is 0 Å². The molecule has 14 heavy (non-hydrogen) atoms. The van der Waals surface area contributed by atoms with Crippen LogP contribution in [-0.2, 0) is 18.3 Å². The van der Waals surface area contributed by atoms with Crippen LogP contribution in [0.15, 0.2) is 23.1 Å². The Morgan fingerprint density at radius 3 is 2.79 bits per heavy atom. The molecule has 0 spiro atoms. The number of hydrogen-bond donors (Lipinski definition) is 1. The number of rotatable bonds is 4. The summed E-state index contributed by atoms with van der Waals surface area (Å²) in [5.74, 6) is -0.783. The summed E-state index contributed by atoms with van der Waals surface area (Å²) in [6, 6.07) is 3.24. The monoisotopic (exact) mass is 195 g/mol. The molecule has 0 fully saturated rings. The van der Waals surface area contributed by atoms with Gasteiger partial charge in [0.25, 0.3) is 0 Å². The minimum Gasteiger partial charge on any atom is -0.481 e. The van der Waals surface area contributed by atoms with Crippen LogP contribution in [0.5, 0.6) is 0 Å². The molecular weight excluding hydrogens is 182 g/mol. The first kappa shape index (κ1) is 10.5. The van der Waals surface area contributed by atoms with Crippen molar-refractivity contribution < 1.29 is 9.90 Å². The van der Waals surface area contributed by atoms with Gasteiger partial charge in [0.15, 0.2) is 0 Å². The SMILES string of the molecule is Cn1cc(CCCC(=O)O)ccc1=O. The molecule has 0 aliphatic heterocycles. The number of aryl methyl sites for hydroxylation is 2. The van der Waals surface area contributed by atoms with Crippen LogP contribution in [0.4, 0.5) is 0 Å². The van der Waals surface area contributed by atoms with Crippen molar-refractivity contribution in [2.75, 3.05) is 0 Å². The van der Waals surface area contributed by atoms with Crippen LogP contribution < -0.4 is 5.56 Å². The summed E-state index contributed by atoms with van der Waals surface area (Å²) in [7, 11) is 1.68. The second kappa shape index (κ2) is 4.60. The number of carboxylic acids is 1. The molecule has 4 nitrogen and oxygen atoms in total. The number of carboxylic acid groups (broad SMARTS) is 1. The molecule has 4 heteroatoms. The third-order valence-corrected chi connectivity index (χ3v) is 2.00. The molecule has 0 amide bonds. The molecule has 1 aromatic rings. The van der Waals surface area contributed by atoms with Gasteiger partial charge in [-0.1, -0.05) is 6.07 Å². The highest BCUT2D eigenvalue weighted by Gasteiger charge is 1.99. The predicted octanol–water partition coefficient (Wildman–Crippen LogP) is 0.793. The minimum absolute atomic E-state index is 0.0491. The number of aliphatic carboxylic acids is 1. The van der Waals surface area contributed by atoms with E-state index in [1.54, 1.807) is 19.3 Å². The quantitative estimate of drug-likeness (QED) is 0.772. The van der Waals surface area contributed by atoms with Gasteiger partial charge in [-0.3, -0.25) is 9.59 Å². The molecule has 0 atom stereocenters. The van der Waals surface area contributed by atoms with E-state index in [9.17, 15) is 9.59 Å². The first-order valence-corrected chi connectivity index (χ1v) is 4.47. The van der Waals surface area contributed by atoms with E-state index >= 15 is 0 Å². The molecule has 0 aliphatic rings. The van der Waals surface area contributed by atoms with Gasteiger partial charge in [-0.2, -0.15) is 0 Å². The summed E-state index contributed by atoms with van der Waals surface area (Å²) < 4.78 is 1.50. The maximum Gasteiger partial charge on any atom is 0.303 e. The Kier molecular flexibility index (Phi) is 3.45. The van der Waals surface area contributed by atoms with E-state index in [4.69, 9.17) is 5.11 Å². The largest absolute Gasteiger partial charge is 0.481 e. The molecule has 0 bridgehead atoms. The highest BCUT2D eigenvalue weighted by molar-refractivity contribution is 5.66. The maximum atomic E-state index is 11.0. The van der Waals surface area contributed by atoms with E-state index in [-0.39, 0.29) is 12.0 Å². The Morgan fingerprint density at radius 2 is 2.21 bits per heavy atom. The lowest BCUT2D eigenvalue weighted by molar-refractivity contribution is -0.137. The summed E-state index contributed by atoms with van der Waals surface area (Å²) >= 11 is 0. The van der Waals surface area contributed by atoms with Crippen molar-refractivity contribution in [3.8, 4) is 0 Å². The molecule has 0 radical (unpaired) electrons. The van der Waals surface area contributed by atoms with E-state index in [1.165, 1.54) is 10.6 Å². The fraction of sp³-hybridized carbons (Fsp3) is 0.400. The van der Waals surface area contributed by atoms with Gasteiger partial charge < -0.3 is 9.67 Å². The van der Waals surface area contributed by atoms with Gasteiger partial charge in [-0.25, -0.2) is 0 Å². The van der Waals surface area contributed by atoms with E-state index in [1.807, 2.05) is 0 Å². The van der Waals surface area contributed by atoms with Gasteiger partial charge in [-0.05, 0) is 18.4 Å². The van der Waals surface area contributed by atoms with Crippen molar-refractivity contribution >= 4 is 5.97 Å².